The molecule has 1 aromatic heterocycles. The summed E-state index contributed by atoms with van der Waals surface area (Å²) >= 11 is 0. The van der Waals surface area contributed by atoms with Crippen LogP contribution in [0, 0.1) is 0 Å². The molecule has 2 saturated heterocycles. The number of nitrogens with two attached hydrogens (primary N) is 1. The molecule has 5 heteroatoms. The minimum absolute atomic E-state index is 0.153. The van der Waals surface area contributed by atoms with Gasteiger partial charge >= 0.3 is 0 Å². The van der Waals surface area contributed by atoms with E-state index in [0.717, 1.165) is 18.4 Å². The number of fused-ring (bicyclic) bond motifs is 2. The molecular weight excluding hydrogens is 278 g/mol. The van der Waals surface area contributed by atoms with E-state index in [9.17, 15) is 4.79 Å². The van der Waals surface area contributed by atoms with Crippen molar-refractivity contribution < 1.29 is 9.21 Å². The first kappa shape index (κ1) is 13.4. The number of furan rings is 1. The third-order valence-corrected chi connectivity index (χ3v) is 4.67. The standard InChI is InChI=1S/C17H19N3O2/c18-12-4-2-1-3-11(12)15-7-8-16(22-15)17(21)20-14-9-10-5-6-13(14)19-10/h1-4,7-8,10,13-14,19H,5-6,9,18H2,(H,20,21). The number of anilines is 1. The molecule has 114 valence electrons. The molecule has 4 rings (SSSR count). The molecule has 22 heavy (non-hydrogen) atoms. The number of nitrogen functional groups attached to an aromatic ring is 1. The van der Waals surface area contributed by atoms with Crippen molar-refractivity contribution in [2.45, 2.75) is 37.4 Å². The molecule has 2 aliphatic rings. The third-order valence-electron chi connectivity index (χ3n) is 4.67. The van der Waals surface area contributed by atoms with E-state index < -0.39 is 0 Å². The highest BCUT2D eigenvalue weighted by Crippen LogP contribution is 2.29. The number of rotatable bonds is 3. The first-order valence-corrected chi connectivity index (χ1v) is 7.72. The van der Waals surface area contributed by atoms with Crippen LogP contribution in [0.5, 0.6) is 0 Å². The maximum atomic E-state index is 12.3. The topological polar surface area (TPSA) is 80.3 Å². The summed E-state index contributed by atoms with van der Waals surface area (Å²) < 4.78 is 5.69. The second kappa shape index (κ2) is 5.18. The fourth-order valence-electron chi connectivity index (χ4n) is 3.55. The van der Waals surface area contributed by atoms with E-state index in [1.54, 1.807) is 12.1 Å². The smallest absolute Gasteiger partial charge is 0.287 e. The van der Waals surface area contributed by atoms with E-state index in [-0.39, 0.29) is 11.9 Å². The molecule has 3 atom stereocenters. The number of hydrogen-bond acceptors (Lipinski definition) is 4. The number of carbonyl (C=O) groups is 1. The van der Waals surface area contributed by atoms with Gasteiger partial charge in [0, 0.05) is 29.4 Å². The van der Waals surface area contributed by atoms with E-state index in [1.807, 2.05) is 24.3 Å². The van der Waals surface area contributed by atoms with E-state index >= 15 is 0 Å². The molecule has 0 aliphatic carbocycles. The van der Waals surface area contributed by atoms with Gasteiger partial charge in [-0.3, -0.25) is 4.79 Å². The summed E-state index contributed by atoms with van der Waals surface area (Å²) in [7, 11) is 0. The molecule has 0 radical (unpaired) electrons. The maximum absolute atomic E-state index is 12.3. The van der Waals surface area contributed by atoms with E-state index in [1.165, 1.54) is 6.42 Å². The van der Waals surface area contributed by atoms with Crippen LogP contribution in [0.25, 0.3) is 11.3 Å². The van der Waals surface area contributed by atoms with E-state index in [4.69, 9.17) is 10.2 Å². The van der Waals surface area contributed by atoms with Gasteiger partial charge in [0.05, 0.1) is 0 Å². The van der Waals surface area contributed by atoms with Gasteiger partial charge in [-0.15, -0.1) is 0 Å². The quantitative estimate of drug-likeness (QED) is 0.758. The van der Waals surface area contributed by atoms with Crippen LogP contribution in [0.4, 0.5) is 5.69 Å². The highest BCUT2D eigenvalue weighted by atomic mass is 16.3. The Bertz CT molecular complexity index is 709. The number of para-hydroxylation sites is 1. The fraction of sp³-hybridized carbons (Fsp3) is 0.353. The number of nitrogens with one attached hydrogen (secondary N) is 2. The summed E-state index contributed by atoms with van der Waals surface area (Å²) in [6.07, 6.45) is 3.37. The highest BCUT2D eigenvalue weighted by molar-refractivity contribution is 5.92. The lowest BCUT2D eigenvalue weighted by molar-refractivity contribution is 0.0903. The number of hydrogen-bond donors (Lipinski definition) is 3. The molecule has 2 fully saturated rings. The van der Waals surface area contributed by atoms with Crippen molar-refractivity contribution in [2.75, 3.05) is 5.73 Å². The first-order chi connectivity index (χ1) is 10.7. The Labute approximate surface area is 128 Å². The van der Waals surface area contributed by atoms with Crippen molar-refractivity contribution in [3.05, 3.63) is 42.2 Å². The Morgan fingerprint density at radius 2 is 2.09 bits per heavy atom. The van der Waals surface area contributed by atoms with Crippen LogP contribution in [0.15, 0.2) is 40.8 Å². The van der Waals surface area contributed by atoms with Gasteiger partial charge < -0.3 is 20.8 Å². The molecule has 3 heterocycles. The summed E-state index contributed by atoms with van der Waals surface area (Å²) in [5, 5.41) is 6.59. The largest absolute Gasteiger partial charge is 0.451 e. The van der Waals surface area contributed by atoms with Crippen LogP contribution < -0.4 is 16.4 Å². The molecule has 1 amide bonds. The van der Waals surface area contributed by atoms with Gasteiger partial charge in [0.25, 0.3) is 5.91 Å². The molecule has 2 aliphatic heterocycles. The van der Waals surface area contributed by atoms with Crippen LogP contribution in [0.3, 0.4) is 0 Å². The molecule has 3 unspecified atom stereocenters. The van der Waals surface area contributed by atoms with Crippen molar-refractivity contribution in [2.24, 2.45) is 0 Å². The number of benzene rings is 1. The molecule has 4 N–H and O–H groups in total. The average molecular weight is 297 g/mol. The third kappa shape index (κ3) is 2.27. The van der Waals surface area contributed by atoms with Gasteiger partial charge in [-0.25, -0.2) is 0 Å². The Morgan fingerprint density at radius 3 is 2.82 bits per heavy atom. The maximum Gasteiger partial charge on any atom is 0.287 e. The SMILES string of the molecule is Nc1ccccc1-c1ccc(C(=O)NC2CC3CCC2N3)o1. The zero-order chi connectivity index (χ0) is 15.1. The lowest BCUT2D eigenvalue weighted by Gasteiger charge is -2.20. The lowest BCUT2D eigenvalue weighted by atomic mass is 9.95. The molecule has 0 saturated carbocycles. The van der Waals surface area contributed by atoms with Gasteiger partial charge in [0.1, 0.15) is 5.76 Å². The van der Waals surface area contributed by atoms with Crippen LogP contribution in [0.1, 0.15) is 29.8 Å². The van der Waals surface area contributed by atoms with Crippen molar-refractivity contribution in [1.82, 2.24) is 10.6 Å². The van der Waals surface area contributed by atoms with Gasteiger partial charge in [0.15, 0.2) is 5.76 Å². The Balaban J connectivity index is 1.49. The van der Waals surface area contributed by atoms with Crippen LogP contribution in [0.2, 0.25) is 0 Å². The van der Waals surface area contributed by atoms with Gasteiger partial charge in [0.2, 0.25) is 0 Å². The minimum atomic E-state index is -0.153. The predicted octanol–water partition coefficient (Wildman–Crippen LogP) is 2.15. The molecule has 2 aromatic rings. The zero-order valence-electron chi connectivity index (χ0n) is 12.2. The average Bonchev–Trinajstić information content (AvgIpc) is 3.24. The Kier molecular flexibility index (Phi) is 3.15. The van der Waals surface area contributed by atoms with Crippen LogP contribution >= 0.6 is 0 Å². The Hall–Kier alpha value is -2.27. The second-order valence-corrected chi connectivity index (χ2v) is 6.11. The monoisotopic (exact) mass is 297 g/mol. The van der Waals surface area contributed by atoms with E-state index in [2.05, 4.69) is 10.6 Å². The Morgan fingerprint density at radius 1 is 1.23 bits per heavy atom. The zero-order valence-corrected chi connectivity index (χ0v) is 12.2. The van der Waals surface area contributed by atoms with Crippen LogP contribution in [-0.2, 0) is 0 Å². The minimum Gasteiger partial charge on any atom is -0.451 e. The molecular formula is C17H19N3O2. The molecule has 1 aromatic carbocycles. The number of carbonyl (C=O) groups excluding carboxylic acids is 1. The number of amides is 1. The summed E-state index contributed by atoms with van der Waals surface area (Å²) in [6.45, 7) is 0. The highest BCUT2D eigenvalue weighted by Gasteiger charge is 2.39. The van der Waals surface area contributed by atoms with Crippen molar-refractivity contribution in [3.8, 4) is 11.3 Å². The summed E-state index contributed by atoms with van der Waals surface area (Å²) in [4.78, 5) is 12.3. The molecule has 0 spiro atoms. The first-order valence-electron chi connectivity index (χ1n) is 7.72. The second-order valence-electron chi connectivity index (χ2n) is 6.11. The predicted molar refractivity (Wildman–Crippen MR) is 84.4 cm³/mol. The van der Waals surface area contributed by atoms with Gasteiger partial charge in [-0.1, -0.05) is 12.1 Å². The fourth-order valence-corrected chi connectivity index (χ4v) is 3.55. The van der Waals surface area contributed by atoms with Crippen molar-refractivity contribution in [1.29, 1.82) is 0 Å². The van der Waals surface area contributed by atoms with Gasteiger partial charge in [-0.05, 0) is 43.5 Å². The molecule has 5 nitrogen and oxygen atoms in total. The van der Waals surface area contributed by atoms with Crippen LogP contribution in [-0.4, -0.2) is 24.0 Å². The lowest BCUT2D eigenvalue weighted by Crippen LogP contribution is -2.42. The molecule has 2 bridgehead atoms. The van der Waals surface area contributed by atoms with Crippen molar-refractivity contribution >= 4 is 11.6 Å². The summed E-state index contributed by atoms with van der Waals surface area (Å²) in [5.41, 5.74) is 7.39. The summed E-state index contributed by atoms with van der Waals surface area (Å²) in [5.74, 6) is 0.801. The summed E-state index contributed by atoms with van der Waals surface area (Å²) in [6, 6.07) is 12.2. The van der Waals surface area contributed by atoms with Crippen molar-refractivity contribution in [3.63, 3.8) is 0 Å². The normalized spacial score (nSPS) is 26.3. The van der Waals surface area contributed by atoms with Gasteiger partial charge in [-0.2, -0.15) is 0 Å². The van der Waals surface area contributed by atoms with E-state index in [0.29, 0.717) is 29.3 Å².